The smallest absolute Gasteiger partial charge is 0.270 e. The van der Waals surface area contributed by atoms with E-state index < -0.39 is 22.8 Å². The Morgan fingerprint density at radius 3 is 2.66 bits per heavy atom. The van der Waals surface area contributed by atoms with Gasteiger partial charge in [-0.15, -0.1) is 0 Å². The summed E-state index contributed by atoms with van der Waals surface area (Å²) in [4.78, 5) is 48.0. The molecule has 0 radical (unpaired) electrons. The molecule has 1 aromatic carbocycles. The number of nitrogens with one attached hydrogen (secondary N) is 4. The zero-order chi connectivity index (χ0) is 20.8. The van der Waals surface area contributed by atoms with Crippen LogP contribution >= 0.6 is 0 Å². The largest absolute Gasteiger partial charge is 0.493 e. The molecule has 2 heterocycles. The van der Waals surface area contributed by atoms with Crippen molar-refractivity contribution in [3.05, 3.63) is 33.9 Å². The number of nitrogens with zero attached hydrogens (tertiary/aromatic N) is 1. The Kier molecular flexibility index (Phi) is 6.60. The molecule has 4 N–H and O–H groups in total. The zero-order valence-corrected chi connectivity index (χ0v) is 15.7. The van der Waals surface area contributed by atoms with Gasteiger partial charge in [-0.05, 0) is 31.9 Å². The van der Waals surface area contributed by atoms with Crippen molar-refractivity contribution < 1.29 is 24.0 Å². The molecule has 0 aliphatic carbocycles. The fraction of sp³-hybridized carbons (Fsp3) is 0.500. The van der Waals surface area contributed by atoms with E-state index in [1.807, 2.05) is 0 Å². The third-order valence-electron chi connectivity index (χ3n) is 4.81. The van der Waals surface area contributed by atoms with Gasteiger partial charge in [-0.3, -0.25) is 24.5 Å². The summed E-state index contributed by atoms with van der Waals surface area (Å²) in [6.45, 7) is 1.03. The maximum atomic E-state index is 12.9. The van der Waals surface area contributed by atoms with Gasteiger partial charge in [-0.1, -0.05) is 0 Å². The van der Waals surface area contributed by atoms with Crippen LogP contribution in [0.4, 0.5) is 5.69 Å². The lowest BCUT2D eigenvalue weighted by Gasteiger charge is -2.25. The highest BCUT2D eigenvalue weighted by atomic mass is 16.6. The first-order valence-corrected chi connectivity index (χ1v) is 9.45. The van der Waals surface area contributed by atoms with E-state index in [0.717, 1.165) is 12.5 Å². The van der Waals surface area contributed by atoms with Crippen molar-refractivity contribution in [1.82, 2.24) is 21.3 Å². The molecule has 0 spiro atoms. The maximum absolute atomic E-state index is 12.9. The van der Waals surface area contributed by atoms with Gasteiger partial charge in [0.25, 0.3) is 11.6 Å². The number of amides is 3. The predicted octanol–water partition coefficient (Wildman–Crippen LogP) is -0.540. The van der Waals surface area contributed by atoms with Crippen LogP contribution in [0.5, 0.6) is 5.75 Å². The minimum absolute atomic E-state index is 0.0175. The summed E-state index contributed by atoms with van der Waals surface area (Å²) in [7, 11) is 0. The van der Waals surface area contributed by atoms with Gasteiger partial charge in [0.15, 0.2) is 0 Å². The lowest BCUT2D eigenvalue weighted by atomic mass is 10.0. The molecule has 0 saturated carbocycles. The number of benzene rings is 1. The van der Waals surface area contributed by atoms with E-state index in [2.05, 4.69) is 21.3 Å². The van der Waals surface area contributed by atoms with Crippen molar-refractivity contribution in [2.45, 2.75) is 31.3 Å². The SMILES string of the molecule is O=C1CNC(=O)[C@H](C2CCCN2)NC(=O)c2cc([N+](=O)[O-])ccc2OCCCN1. The maximum Gasteiger partial charge on any atom is 0.270 e. The molecule has 1 fully saturated rings. The van der Waals surface area contributed by atoms with Crippen LogP contribution < -0.4 is 26.0 Å². The summed E-state index contributed by atoms with van der Waals surface area (Å²) < 4.78 is 5.61. The van der Waals surface area contributed by atoms with Crippen molar-refractivity contribution in [3.63, 3.8) is 0 Å². The van der Waals surface area contributed by atoms with Gasteiger partial charge in [0.05, 0.1) is 23.6 Å². The lowest BCUT2D eigenvalue weighted by molar-refractivity contribution is -0.384. The molecule has 1 saturated heterocycles. The minimum atomic E-state index is -0.937. The Labute approximate surface area is 166 Å². The van der Waals surface area contributed by atoms with Gasteiger partial charge in [0.1, 0.15) is 11.8 Å². The average Bonchev–Trinajstić information content (AvgIpc) is 3.23. The number of nitro benzene ring substituents is 1. The normalized spacial score (nSPS) is 23.7. The van der Waals surface area contributed by atoms with Crippen LogP contribution in [0.25, 0.3) is 0 Å². The van der Waals surface area contributed by atoms with Gasteiger partial charge in [0.2, 0.25) is 11.8 Å². The molecule has 0 bridgehead atoms. The van der Waals surface area contributed by atoms with E-state index in [1.54, 1.807) is 0 Å². The van der Waals surface area contributed by atoms with E-state index >= 15 is 0 Å². The monoisotopic (exact) mass is 405 g/mol. The van der Waals surface area contributed by atoms with Gasteiger partial charge in [-0.2, -0.15) is 0 Å². The van der Waals surface area contributed by atoms with Crippen molar-refractivity contribution in [2.24, 2.45) is 0 Å². The summed E-state index contributed by atoms with van der Waals surface area (Å²) in [5, 5.41) is 22.2. The van der Waals surface area contributed by atoms with Crippen LogP contribution in [-0.4, -0.2) is 61.0 Å². The van der Waals surface area contributed by atoms with Crippen LogP contribution in [0.15, 0.2) is 18.2 Å². The number of nitro groups is 1. The molecule has 2 aliphatic rings. The number of hydrogen-bond donors (Lipinski definition) is 4. The molecule has 2 aliphatic heterocycles. The topological polar surface area (TPSA) is 152 Å². The van der Waals surface area contributed by atoms with E-state index in [9.17, 15) is 24.5 Å². The molecule has 3 amide bonds. The van der Waals surface area contributed by atoms with Gasteiger partial charge >= 0.3 is 0 Å². The van der Waals surface area contributed by atoms with Crippen molar-refractivity contribution in [1.29, 1.82) is 0 Å². The Balaban J connectivity index is 1.91. The van der Waals surface area contributed by atoms with E-state index in [1.165, 1.54) is 12.1 Å². The summed E-state index contributed by atoms with van der Waals surface area (Å²) in [5.41, 5.74) is -0.271. The molecule has 0 aromatic heterocycles. The molecule has 2 atom stereocenters. The number of carbonyl (C=O) groups is 3. The van der Waals surface area contributed by atoms with E-state index in [0.29, 0.717) is 25.9 Å². The molecular weight excluding hydrogens is 382 g/mol. The van der Waals surface area contributed by atoms with Gasteiger partial charge < -0.3 is 26.0 Å². The predicted molar refractivity (Wildman–Crippen MR) is 102 cm³/mol. The van der Waals surface area contributed by atoms with Crippen LogP contribution in [0, 0.1) is 10.1 Å². The van der Waals surface area contributed by atoms with Crippen LogP contribution in [0.3, 0.4) is 0 Å². The summed E-state index contributed by atoms with van der Waals surface area (Å²) in [5.74, 6) is -1.32. The van der Waals surface area contributed by atoms with E-state index in [-0.39, 0.29) is 42.1 Å². The molecule has 156 valence electrons. The second-order valence-corrected chi connectivity index (χ2v) is 6.86. The number of carbonyl (C=O) groups excluding carboxylic acids is 3. The highest BCUT2D eigenvalue weighted by Crippen LogP contribution is 2.25. The molecule has 1 unspecified atom stereocenters. The minimum Gasteiger partial charge on any atom is -0.493 e. The standard InChI is InChI=1S/C18H23N5O6/c24-15-10-21-18(26)16(13-3-1-6-19-13)22-17(25)12-9-11(23(27)28)4-5-14(12)29-8-2-7-20-15/h4-5,9,13,16,19H,1-3,6-8,10H2,(H,20,24)(H,21,26)(H,22,25)/t13?,16-/m0/s1. The van der Waals surface area contributed by atoms with E-state index in [4.69, 9.17) is 4.74 Å². The quantitative estimate of drug-likeness (QED) is 0.381. The second-order valence-electron chi connectivity index (χ2n) is 6.86. The molecule has 11 heteroatoms. The van der Waals surface area contributed by atoms with Crippen LogP contribution in [0.1, 0.15) is 29.6 Å². The third kappa shape index (κ3) is 5.19. The highest BCUT2D eigenvalue weighted by Gasteiger charge is 2.33. The molecule has 3 rings (SSSR count). The zero-order valence-electron chi connectivity index (χ0n) is 15.7. The number of rotatable bonds is 2. The first-order valence-electron chi connectivity index (χ1n) is 9.45. The van der Waals surface area contributed by atoms with Gasteiger partial charge in [0, 0.05) is 24.7 Å². The van der Waals surface area contributed by atoms with Crippen molar-refractivity contribution >= 4 is 23.4 Å². The van der Waals surface area contributed by atoms with Crippen molar-refractivity contribution in [2.75, 3.05) is 26.2 Å². The first-order chi connectivity index (χ1) is 14.0. The Hall–Kier alpha value is -3.21. The van der Waals surface area contributed by atoms with Crippen LogP contribution in [-0.2, 0) is 9.59 Å². The summed E-state index contributed by atoms with van der Waals surface area (Å²) >= 11 is 0. The Morgan fingerprint density at radius 1 is 1.10 bits per heavy atom. The molecule has 1 aromatic rings. The number of non-ortho nitro benzene ring substituents is 1. The first kappa shape index (κ1) is 20.5. The molecule has 29 heavy (non-hydrogen) atoms. The van der Waals surface area contributed by atoms with Crippen LogP contribution in [0.2, 0.25) is 0 Å². The summed E-state index contributed by atoms with van der Waals surface area (Å²) in [6, 6.07) is 2.50. The summed E-state index contributed by atoms with van der Waals surface area (Å²) in [6.07, 6.45) is 1.98. The number of hydrogen-bond acceptors (Lipinski definition) is 7. The second kappa shape index (κ2) is 9.32. The highest BCUT2D eigenvalue weighted by molar-refractivity contribution is 6.00. The third-order valence-corrected chi connectivity index (χ3v) is 4.81. The lowest BCUT2D eigenvalue weighted by Crippen LogP contribution is -2.57. The fourth-order valence-electron chi connectivity index (χ4n) is 3.32. The van der Waals surface area contributed by atoms with Gasteiger partial charge in [-0.25, -0.2) is 0 Å². The molecular formula is C18H23N5O6. The number of ether oxygens (including phenoxy) is 1. The Morgan fingerprint density at radius 2 is 1.93 bits per heavy atom. The fourth-order valence-corrected chi connectivity index (χ4v) is 3.32. The van der Waals surface area contributed by atoms with Crippen molar-refractivity contribution in [3.8, 4) is 5.75 Å². The number of fused-ring (bicyclic) bond motifs is 1. The Bertz CT molecular complexity index is 808. The average molecular weight is 405 g/mol. The molecule has 11 nitrogen and oxygen atoms in total.